The Morgan fingerprint density at radius 2 is 1.89 bits per heavy atom. The van der Waals surface area contributed by atoms with Gasteiger partial charge in [0.25, 0.3) is 0 Å². The van der Waals surface area contributed by atoms with Gasteiger partial charge in [0.1, 0.15) is 0 Å². The van der Waals surface area contributed by atoms with Gasteiger partial charge in [0.05, 0.1) is 10.7 Å². The predicted octanol–water partition coefficient (Wildman–Crippen LogP) is 4.26. The van der Waals surface area contributed by atoms with Gasteiger partial charge in [-0.05, 0) is 12.1 Å². The molecule has 0 atom stereocenters. The van der Waals surface area contributed by atoms with Gasteiger partial charge in [0.2, 0.25) is 0 Å². The molecular formula is C13H15Cl2N3. The van der Waals surface area contributed by atoms with E-state index in [0.717, 1.165) is 16.8 Å². The second-order valence-corrected chi connectivity index (χ2v) is 6.08. The normalized spacial score (nSPS) is 11.8. The van der Waals surface area contributed by atoms with E-state index in [4.69, 9.17) is 28.9 Å². The molecule has 1 aromatic carbocycles. The summed E-state index contributed by atoms with van der Waals surface area (Å²) in [5, 5.41) is 8.24. The van der Waals surface area contributed by atoms with Crippen molar-refractivity contribution in [2.24, 2.45) is 0 Å². The van der Waals surface area contributed by atoms with Crippen LogP contribution in [0.15, 0.2) is 18.2 Å². The summed E-state index contributed by atoms with van der Waals surface area (Å²) in [5.74, 6) is 0.448. The molecule has 0 spiro atoms. The third-order valence-electron chi connectivity index (χ3n) is 2.74. The van der Waals surface area contributed by atoms with E-state index in [-0.39, 0.29) is 5.41 Å². The number of nitrogens with one attached hydrogen (secondary N) is 1. The minimum Gasteiger partial charge on any atom is -0.382 e. The highest BCUT2D eigenvalue weighted by Crippen LogP contribution is 2.39. The van der Waals surface area contributed by atoms with E-state index in [2.05, 4.69) is 31.0 Å². The third kappa shape index (κ3) is 2.33. The maximum absolute atomic E-state index is 6.23. The second-order valence-electron chi connectivity index (χ2n) is 5.23. The summed E-state index contributed by atoms with van der Waals surface area (Å²) in [6.07, 6.45) is 0. The predicted molar refractivity (Wildman–Crippen MR) is 77.2 cm³/mol. The number of H-pyrrole nitrogens is 1. The fourth-order valence-electron chi connectivity index (χ4n) is 1.86. The summed E-state index contributed by atoms with van der Waals surface area (Å²) in [5.41, 5.74) is 8.51. The number of halogens is 2. The molecule has 0 unspecified atom stereocenters. The molecule has 1 heterocycles. The number of aromatic amines is 1. The molecule has 3 N–H and O–H groups in total. The summed E-state index contributed by atoms with van der Waals surface area (Å²) in [7, 11) is 0. The van der Waals surface area contributed by atoms with E-state index >= 15 is 0 Å². The van der Waals surface area contributed by atoms with Gasteiger partial charge in [-0.3, -0.25) is 5.10 Å². The first-order valence-corrected chi connectivity index (χ1v) is 6.36. The minimum atomic E-state index is -0.0943. The fourth-order valence-corrected chi connectivity index (χ4v) is 2.37. The lowest BCUT2D eigenvalue weighted by molar-refractivity contribution is 0.568. The highest BCUT2D eigenvalue weighted by molar-refractivity contribution is 6.36. The van der Waals surface area contributed by atoms with Crippen LogP contribution in [0, 0.1) is 0 Å². The van der Waals surface area contributed by atoms with Crippen LogP contribution in [0.3, 0.4) is 0 Å². The molecule has 2 aromatic rings. The number of nitrogens with two attached hydrogens (primary N) is 1. The van der Waals surface area contributed by atoms with Gasteiger partial charge in [-0.1, -0.05) is 50.0 Å². The lowest BCUT2D eigenvalue weighted by Gasteiger charge is -2.19. The van der Waals surface area contributed by atoms with E-state index in [9.17, 15) is 0 Å². The third-order valence-corrected chi connectivity index (χ3v) is 3.29. The fraction of sp³-hybridized carbons (Fsp3) is 0.308. The molecular weight excluding hydrogens is 269 g/mol. The average molecular weight is 284 g/mol. The second kappa shape index (κ2) is 4.48. The molecule has 0 aliphatic rings. The molecule has 0 fully saturated rings. The Morgan fingerprint density at radius 3 is 2.44 bits per heavy atom. The number of hydrogen-bond acceptors (Lipinski definition) is 2. The summed E-state index contributed by atoms with van der Waals surface area (Å²) >= 11 is 12.1. The SMILES string of the molecule is CC(C)(C)c1[nH]nc(N)c1-c1ccc(Cl)cc1Cl. The van der Waals surface area contributed by atoms with Crippen molar-refractivity contribution in [3.05, 3.63) is 33.9 Å². The number of rotatable bonds is 1. The number of hydrogen-bond donors (Lipinski definition) is 2. The van der Waals surface area contributed by atoms with Crippen molar-refractivity contribution >= 4 is 29.0 Å². The Bertz CT molecular complexity index is 582. The maximum Gasteiger partial charge on any atom is 0.153 e. The van der Waals surface area contributed by atoms with Gasteiger partial charge in [-0.25, -0.2) is 0 Å². The molecule has 2 rings (SSSR count). The van der Waals surface area contributed by atoms with Crippen molar-refractivity contribution in [1.82, 2.24) is 10.2 Å². The molecule has 0 aliphatic carbocycles. The number of nitrogen functional groups attached to an aromatic ring is 1. The van der Waals surface area contributed by atoms with Crippen molar-refractivity contribution < 1.29 is 0 Å². The van der Waals surface area contributed by atoms with Gasteiger partial charge in [0.15, 0.2) is 5.82 Å². The zero-order valence-corrected chi connectivity index (χ0v) is 12.0. The van der Waals surface area contributed by atoms with Crippen LogP contribution in [0.5, 0.6) is 0 Å². The van der Waals surface area contributed by atoms with E-state index in [0.29, 0.717) is 15.9 Å². The molecule has 0 saturated heterocycles. The number of nitrogens with zero attached hydrogens (tertiary/aromatic N) is 1. The van der Waals surface area contributed by atoms with Crippen LogP contribution in [0.2, 0.25) is 10.0 Å². The van der Waals surface area contributed by atoms with E-state index < -0.39 is 0 Å². The largest absolute Gasteiger partial charge is 0.382 e. The van der Waals surface area contributed by atoms with Gasteiger partial charge in [0, 0.05) is 21.6 Å². The Morgan fingerprint density at radius 1 is 1.22 bits per heavy atom. The van der Waals surface area contributed by atoms with Crippen LogP contribution in [0.1, 0.15) is 26.5 Å². The molecule has 0 aliphatic heterocycles. The van der Waals surface area contributed by atoms with E-state index in [1.165, 1.54) is 0 Å². The average Bonchev–Trinajstić information content (AvgIpc) is 2.60. The molecule has 0 radical (unpaired) electrons. The van der Waals surface area contributed by atoms with Gasteiger partial charge >= 0.3 is 0 Å². The van der Waals surface area contributed by atoms with Gasteiger partial charge in [-0.15, -0.1) is 0 Å². The van der Waals surface area contributed by atoms with Gasteiger partial charge < -0.3 is 5.73 Å². The zero-order chi connectivity index (χ0) is 13.5. The minimum absolute atomic E-state index is 0.0943. The lowest BCUT2D eigenvalue weighted by atomic mass is 9.87. The van der Waals surface area contributed by atoms with Crippen LogP contribution in [-0.4, -0.2) is 10.2 Å². The van der Waals surface area contributed by atoms with Gasteiger partial charge in [-0.2, -0.15) is 5.10 Å². The van der Waals surface area contributed by atoms with Crippen LogP contribution in [0.25, 0.3) is 11.1 Å². The molecule has 5 heteroatoms. The quantitative estimate of drug-likeness (QED) is 0.821. The summed E-state index contributed by atoms with van der Waals surface area (Å²) in [6, 6.07) is 5.36. The highest BCUT2D eigenvalue weighted by atomic mass is 35.5. The van der Waals surface area contributed by atoms with Crippen LogP contribution < -0.4 is 5.73 Å². The molecule has 0 saturated carbocycles. The van der Waals surface area contributed by atoms with Crippen molar-refractivity contribution in [1.29, 1.82) is 0 Å². The first-order chi connectivity index (χ1) is 8.30. The molecule has 3 nitrogen and oxygen atoms in total. The summed E-state index contributed by atoms with van der Waals surface area (Å²) in [4.78, 5) is 0. The smallest absolute Gasteiger partial charge is 0.153 e. The summed E-state index contributed by atoms with van der Waals surface area (Å²) in [6.45, 7) is 6.27. The molecule has 18 heavy (non-hydrogen) atoms. The van der Waals surface area contributed by atoms with Crippen molar-refractivity contribution in [3.63, 3.8) is 0 Å². The number of aromatic nitrogens is 2. The number of benzene rings is 1. The standard InChI is InChI=1S/C13H15Cl2N3/c1-13(2,3)11-10(12(16)18-17-11)8-5-4-7(14)6-9(8)15/h4-6H,1-3H3,(H3,16,17,18). The number of anilines is 1. The lowest BCUT2D eigenvalue weighted by Crippen LogP contribution is -2.13. The van der Waals surface area contributed by atoms with E-state index in [1.807, 2.05) is 6.07 Å². The Kier molecular flexibility index (Phi) is 3.30. The van der Waals surface area contributed by atoms with Crippen molar-refractivity contribution in [3.8, 4) is 11.1 Å². The Labute approximate surface area is 116 Å². The molecule has 0 amide bonds. The zero-order valence-electron chi connectivity index (χ0n) is 10.5. The first-order valence-electron chi connectivity index (χ1n) is 5.60. The van der Waals surface area contributed by atoms with Crippen molar-refractivity contribution in [2.75, 3.05) is 5.73 Å². The van der Waals surface area contributed by atoms with E-state index in [1.54, 1.807) is 12.1 Å². The first kappa shape index (κ1) is 13.2. The monoisotopic (exact) mass is 283 g/mol. The van der Waals surface area contributed by atoms with Crippen LogP contribution >= 0.6 is 23.2 Å². The topological polar surface area (TPSA) is 54.7 Å². The Hall–Kier alpha value is -1.19. The maximum atomic E-state index is 6.23. The Balaban J connectivity index is 2.67. The highest BCUT2D eigenvalue weighted by Gasteiger charge is 2.24. The molecule has 96 valence electrons. The van der Waals surface area contributed by atoms with Crippen LogP contribution in [-0.2, 0) is 5.41 Å². The van der Waals surface area contributed by atoms with Crippen LogP contribution in [0.4, 0.5) is 5.82 Å². The van der Waals surface area contributed by atoms with Crippen molar-refractivity contribution in [2.45, 2.75) is 26.2 Å². The molecule has 0 bridgehead atoms. The molecule has 1 aromatic heterocycles. The summed E-state index contributed by atoms with van der Waals surface area (Å²) < 4.78 is 0.